The first-order valence-corrected chi connectivity index (χ1v) is 13.5. The molecule has 2 aromatic carbocycles. The molecule has 0 saturated carbocycles. The third-order valence-corrected chi connectivity index (χ3v) is 6.74. The number of benzene rings is 2. The number of esters is 2. The van der Waals surface area contributed by atoms with E-state index in [1.54, 1.807) is 53.0 Å². The Bertz CT molecular complexity index is 1110. The highest BCUT2D eigenvalue weighted by Gasteiger charge is 2.51. The third-order valence-electron chi connectivity index (χ3n) is 6.74. The molecule has 0 aliphatic heterocycles. The van der Waals surface area contributed by atoms with Gasteiger partial charge in [-0.25, -0.2) is 0 Å². The molecule has 0 aliphatic carbocycles. The summed E-state index contributed by atoms with van der Waals surface area (Å²) in [5.41, 5.74) is 1.10. The minimum Gasteiger partial charge on any atom is -0.496 e. The van der Waals surface area contributed by atoms with Crippen LogP contribution in [0.1, 0.15) is 68.4 Å². The first-order valence-electron chi connectivity index (χ1n) is 13.5. The predicted octanol–water partition coefficient (Wildman–Crippen LogP) is 4.09. The van der Waals surface area contributed by atoms with E-state index in [4.69, 9.17) is 14.2 Å². The number of aliphatic hydroxyl groups is 2. The lowest BCUT2D eigenvalue weighted by atomic mass is 9.75. The molecule has 0 aliphatic rings. The number of hydrogen-bond acceptors (Lipinski definition) is 8. The van der Waals surface area contributed by atoms with Crippen molar-refractivity contribution in [2.75, 3.05) is 33.9 Å². The summed E-state index contributed by atoms with van der Waals surface area (Å²) in [6.45, 7) is 9.90. The van der Waals surface area contributed by atoms with E-state index in [9.17, 15) is 19.8 Å². The number of carbonyl (C=O) groups excluding carboxylic acids is 2. The van der Waals surface area contributed by atoms with E-state index in [0.717, 1.165) is 24.3 Å². The second-order valence-corrected chi connectivity index (χ2v) is 10.9. The second kappa shape index (κ2) is 14.4. The number of rotatable bonds is 14. The molecule has 8 heteroatoms. The van der Waals surface area contributed by atoms with Crippen LogP contribution >= 0.6 is 0 Å². The molecule has 2 aromatic rings. The summed E-state index contributed by atoms with van der Waals surface area (Å²) in [4.78, 5) is 29.5. The van der Waals surface area contributed by atoms with Crippen molar-refractivity contribution in [1.29, 1.82) is 0 Å². The average molecular weight is 544 g/mol. The van der Waals surface area contributed by atoms with E-state index in [2.05, 4.69) is 17.0 Å². The highest BCUT2D eigenvalue weighted by atomic mass is 16.6. The Labute approximate surface area is 232 Å². The van der Waals surface area contributed by atoms with Crippen molar-refractivity contribution in [3.63, 3.8) is 0 Å². The maximum Gasteiger partial charge on any atom is 0.328 e. The van der Waals surface area contributed by atoms with Gasteiger partial charge >= 0.3 is 11.9 Å². The van der Waals surface area contributed by atoms with Gasteiger partial charge in [0.05, 0.1) is 26.9 Å². The Balaban J connectivity index is 2.32. The molecular formula is C31H45NO7. The zero-order valence-corrected chi connectivity index (χ0v) is 24.5. The Morgan fingerprint density at radius 3 is 2.21 bits per heavy atom. The maximum absolute atomic E-state index is 13.8. The molecule has 2 N–H and O–H groups in total. The van der Waals surface area contributed by atoms with Gasteiger partial charge in [-0.3, -0.25) is 9.59 Å². The lowest BCUT2D eigenvalue weighted by Gasteiger charge is -2.34. The van der Waals surface area contributed by atoms with Crippen LogP contribution in [0.5, 0.6) is 5.75 Å². The molecule has 8 nitrogen and oxygen atoms in total. The summed E-state index contributed by atoms with van der Waals surface area (Å²) >= 11 is 0. The van der Waals surface area contributed by atoms with Crippen LogP contribution in [-0.2, 0) is 44.1 Å². The Morgan fingerprint density at radius 1 is 0.949 bits per heavy atom. The molecule has 0 heterocycles. The molecule has 0 spiro atoms. The number of aryl methyl sites for hydroxylation is 1. The van der Waals surface area contributed by atoms with Crippen molar-refractivity contribution < 1.29 is 34.0 Å². The van der Waals surface area contributed by atoms with Gasteiger partial charge in [-0.05, 0) is 101 Å². The highest BCUT2D eigenvalue weighted by molar-refractivity contribution is 6.06. The Kier molecular flexibility index (Phi) is 12.0. The molecule has 39 heavy (non-hydrogen) atoms. The van der Waals surface area contributed by atoms with Crippen molar-refractivity contribution >= 4 is 11.9 Å². The van der Waals surface area contributed by atoms with Crippen LogP contribution in [0.2, 0.25) is 0 Å². The van der Waals surface area contributed by atoms with Crippen LogP contribution in [0.4, 0.5) is 0 Å². The number of hydrogen-bond donors (Lipinski definition) is 2. The lowest BCUT2D eigenvalue weighted by Crippen LogP contribution is -2.49. The average Bonchev–Trinajstić information content (AvgIpc) is 2.88. The zero-order valence-electron chi connectivity index (χ0n) is 24.5. The highest BCUT2D eigenvalue weighted by Crippen LogP contribution is 2.36. The number of nitrogens with zero attached hydrogens (tertiary/aromatic N) is 1. The standard InChI is InChI=1S/C31H45NO7/c1-8-38-28(35)31(29(36)39-30(3,4)5,26-12-11-24(20-33)25(19-26)21-34)15-9-16-32(6)17-14-23-10-13-27(37-7)22(2)18-23/h10-13,18-19,33-34H,8-9,14-17,20-21H2,1-7H3. The fraction of sp³-hybridized carbons (Fsp3) is 0.548. The van der Waals surface area contributed by atoms with Crippen molar-refractivity contribution in [3.8, 4) is 5.75 Å². The molecule has 2 rings (SSSR count). The first kappa shape index (κ1) is 32.3. The number of likely N-dealkylation sites (N-methyl/N-ethyl adjacent to an activating group) is 1. The minimum absolute atomic E-state index is 0.103. The van der Waals surface area contributed by atoms with E-state index in [-0.39, 0.29) is 26.2 Å². The summed E-state index contributed by atoms with van der Waals surface area (Å²) in [6.07, 6.45) is 1.53. The van der Waals surface area contributed by atoms with Crippen LogP contribution in [0.25, 0.3) is 0 Å². The van der Waals surface area contributed by atoms with E-state index >= 15 is 0 Å². The number of aliphatic hydroxyl groups excluding tert-OH is 2. The van der Waals surface area contributed by atoms with Crippen molar-refractivity contribution in [2.24, 2.45) is 0 Å². The molecule has 0 amide bonds. The summed E-state index contributed by atoms with van der Waals surface area (Å²) in [5, 5.41) is 19.6. The van der Waals surface area contributed by atoms with Gasteiger partial charge in [-0.15, -0.1) is 0 Å². The summed E-state index contributed by atoms with van der Waals surface area (Å²) in [5.74, 6) is -0.511. The van der Waals surface area contributed by atoms with Crippen LogP contribution in [0.3, 0.4) is 0 Å². The van der Waals surface area contributed by atoms with E-state index < -0.39 is 23.0 Å². The molecule has 0 fully saturated rings. The maximum atomic E-state index is 13.8. The van der Waals surface area contributed by atoms with Crippen molar-refractivity contribution in [1.82, 2.24) is 4.90 Å². The quantitative estimate of drug-likeness (QED) is 0.271. The van der Waals surface area contributed by atoms with Gasteiger partial charge in [0.2, 0.25) is 0 Å². The Hall–Kier alpha value is -2.94. The van der Waals surface area contributed by atoms with Crippen molar-refractivity contribution in [2.45, 2.75) is 78.1 Å². The Morgan fingerprint density at radius 2 is 1.64 bits per heavy atom. The van der Waals surface area contributed by atoms with Gasteiger partial charge in [0.25, 0.3) is 0 Å². The summed E-state index contributed by atoms with van der Waals surface area (Å²) in [7, 11) is 3.67. The fourth-order valence-electron chi connectivity index (χ4n) is 4.62. The molecule has 1 atom stereocenters. The van der Waals surface area contributed by atoms with Crippen LogP contribution in [0, 0.1) is 6.92 Å². The largest absolute Gasteiger partial charge is 0.496 e. The topological polar surface area (TPSA) is 106 Å². The molecule has 1 unspecified atom stereocenters. The smallest absolute Gasteiger partial charge is 0.328 e. The SMILES string of the molecule is CCOC(=O)C(CCCN(C)CCc1ccc(OC)c(C)c1)(C(=O)OC(C)(C)C)c1ccc(CO)c(CO)c1. The molecular weight excluding hydrogens is 498 g/mol. The van der Waals surface area contributed by atoms with E-state index in [0.29, 0.717) is 29.7 Å². The normalized spacial score (nSPS) is 13.2. The van der Waals surface area contributed by atoms with Crippen LogP contribution < -0.4 is 4.74 Å². The number of ether oxygens (including phenoxy) is 3. The van der Waals surface area contributed by atoms with E-state index in [1.165, 1.54) is 5.56 Å². The molecule has 0 bridgehead atoms. The van der Waals surface area contributed by atoms with Gasteiger partial charge < -0.3 is 29.3 Å². The van der Waals surface area contributed by atoms with Crippen LogP contribution in [0.15, 0.2) is 36.4 Å². The fourth-order valence-corrected chi connectivity index (χ4v) is 4.62. The van der Waals surface area contributed by atoms with E-state index in [1.807, 2.05) is 20.0 Å². The monoisotopic (exact) mass is 543 g/mol. The number of methoxy groups -OCH3 is 1. The van der Waals surface area contributed by atoms with Gasteiger partial charge in [-0.2, -0.15) is 0 Å². The van der Waals surface area contributed by atoms with Gasteiger partial charge in [0.1, 0.15) is 11.4 Å². The van der Waals surface area contributed by atoms with Gasteiger partial charge in [-0.1, -0.05) is 30.3 Å². The number of carbonyl (C=O) groups is 2. The minimum atomic E-state index is -1.71. The first-order chi connectivity index (χ1) is 18.4. The zero-order chi connectivity index (χ0) is 29.2. The van der Waals surface area contributed by atoms with Crippen LogP contribution in [-0.4, -0.2) is 66.5 Å². The molecule has 0 aromatic heterocycles. The van der Waals surface area contributed by atoms with Crippen molar-refractivity contribution in [3.05, 3.63) is 64.2 Å². The predicted molar refractivity (Wildman–Crippen MR) is 151 cm³/mol. The third kappa shape index (κ3) is 8.52. The summed E-state index contributed by atoms with van der Waals surface area (Å²) < 4.78 is 16.6. The van der Waals surface area contributed by atoms with Gasteiger partial charge in [0.15, 0.2) is 5.41 Å². The molecule has 0 radical (unpaired) electrons. The molecule has 0 saturated heterocycles. The molecule has 216 valence electrons. The van der Waals surface area contributed by atoms with Gasteiger partial charge in [0, 0.05) is 6.54 Å². The summed E-state index contributed by atoms with van der Waals surface area (Å²) in [6, 6.07) is 11.0. The second-order valence-electron chi connectivity index (χ2n) is 10.9. The lowest BCUT2D eigenvalue weighted by molar-refractivity contribution is -0.173.